The molecule has 3 aromatic rings. The molecule has 0 radical (unpaired) electrons. The molecule has 0 aliphatic rings. The lowest BCUT2D eigenvalue weighted by molar-refractivity contribution is 0.0947. The first kappa shape index (κ1) is 19.4. The lowest BCUT2D eigenvalue weighted by atomic mass is 10.1. The highest BCUT2D eigenvalue weighted by atomic mass is 16.1. The number of hydrogen-bond donors (Lipinski definition) is 2. The Labute approximate surface area is 165 Å². The van der Waals surface area contributed by atoms with Crippen LogP contribution in [0.5, 0.6) is 0 Å². The molecule has 3 rings (SSSR count). The molecule has 6 nitrogen and oxygen atoms in total. The first-order chi connectivity index (χ1) is 13.6. The van der Waals surface area contributed by atoms with Crippen molar-refractivity contribution in [2.75, 3.05) is 30.9 Å². The average molecular weight is 375 g/mol. The van der Waals surface area contributed by atoms with E-state index in [-0.39, 0.29) is 5.91 Å². The quantitative estimate of drug-likeness (QED) is 0.588. The van der Waals surface area contributed by atoms with Crippen LogP contribution in [0.2, 0.25) is 0 Å². The van der Waals surface area contributed by atoms with Gasteiger partial charge in [-0.2, -0.15) is 0 Å². The van der Waals surface area contributed by atoms with Crippen molar-refractivity contribution in [1.29, 1.82) is 0 Å². The molecule has 0 bridgehead atoms. The molecule has 0 fully saturated rings. The third kappa shape index (κ3) is 5.54. The Hall–Kier alpha value is -3.41. The van der Waals surface area contributed by atoms with E-state index in [1.54, 1.807) is 12.1 Å². The third-order valence-corrected chi connectivity index (χ3v) is 4.32. The normalized spacial score (nSPS) is 10.4. The molecule has 2 aromatic carbocycles. The summed E-state index contributed by atoms with van der Waals surface area (Å²) in [7, 11) is 4.00. The summed E-state index contributed by atoms with van der Waals surface area (Å²) in [6.07, 6.45) is 1.81. The van der Waals surface area contributed by atoms with Gasteiger partial charge in [-0.25, -0.2) is 0 Å². The van der Waals surface area contributed by atoms with E-state index in [9.17, 15) is 4.79 Å². The zero-order chi connectivity index (χ0) is 19.8. The van der Waals surface area contributed by atoms with Gasteiger partial charge >= 0.3 is 0 Å². The second-order valence-electron chi connectivity index (χ2n) is 6.72. The van der Waals surface area contributed by atoms with Crippen molar-refractivity contribution in [2.45, 2.75) is 12.8 Å². The molecule has 0 spiro atoms. The first-order valence-corrected chi connectivity index (χ1v) is 9.32. The Morgan fingerprint density at radius 2 is 1.68 bits per heavy atom. The summed E-state index contributed by atoms with van der Waals surface area (Å²) >= 11 is 0. The number of hydrogen-bond acceptors (Lipinski definition) is 5. The molecule has 1 heterocycles. The first-order valence-electron chi connectivity index (χ1n) is 9.32. The maximum atomic E-state index is 12.2. The van der Waals surface area contributed by atoms with E-state index in [0.717, 1.165) is 24.2 Å². The Balaban J connectivity index is 1.47. The van der Waals surface area contributed by atoms with Crippen LogP contribution < -0.4 is 15.5 Å². The second-order valence-corrected chi connectivity index (χ2v) is 6.72. The van der Waals surface area contributed by atoms with Gasteiger partial charge in [0.05, 0.1) is 0 Å². The molecule has 0 unspecified atom stereocenters. The zero-order valence-electron chi connectivity index (χ0n) is 16.2. The molecular formula is C22H25N5O. The number of benzene rings is 2. The van der Waals surface area contributed by atoms with Gasteiger partial charge in [0.2, 0.25) is 0 Å². The number of amides is 1. The zero-order valence-corrected chi connectivity index (χ0v) is 16.2. The van der Waals surface area contributed by atoms with Crippen LogP contribution in [0.15, 0.2) is 66.7 Å². The second kappa shape index (κ2) is 9.50. The number of carbonyl (C=O) groups excluding carboxylic acids is 1. The fraction of sp³-hybridized carbons (Fsp3) is 0.227. The van der Waals surface area contributed by atoms with Crippen molar-refractivity contribution in [3.05, 3.63) is 78.0 Å². The summed E-state index contributed by atoms with van der Waals surface area (Å²) in [4.78, 5) is 14.2. The average Bonchev–Trinajstić information content (AvgIpc) is 2.73. The molecule has 144 valence electrons. The minimum absolute atomic E-state index is 0.206. The summed E-state index contributed by atoms with van der Waals surface area (Å²) in [5.41, 5.74) is 3.62. The number of anilines is 3. The molecule has 0 saturated heterocycles. The van der Waals surface area contributed by atoms with E-state index in [1.165, 1.54) is 5.56 Å². The minimum atomic E-state index is -0.206. The summed E-state index contributed by atoms with van der Waals surface area (Å²) in [6.45, 7) is 0.605. The van der Waals surface area contributed by atoms with Crippen molar-refractivity contribution in [3.63, 3.8) is 0 Å². The van der Waals surface area contributed by atoms with Gasteiger partial charge in [0, 0.05) is 32.0 Å². The molecular weight excluding hydrogens is 350 g/mol. The van der Waals surface area contributed by atoms with Crippen LogP contribution in [0.4, 0.5) is 17.2 Å². The van der Waals surface area contributed by atoms with Gasteiger partial charge in [-0.1, -0.05) is 30.3 Å². The van der Waals surface area contributed by atoms with Crippen molar-refractivity contribution in [3.8, 4) is 0 Å². The molecule has 2 N–H and O–H groups in total. The van der Waals surface area contributed by atoms with Crippen molar-refractivity contribution in [2.24, 2.45) is 0 Å². The van der Waals surface area contributed by atoms with Gasteiger partial charge in [0.15, 0.2) is 11.5 Å². The van der Waals surface area contributed by atoms with Crippen LogP contribution in [0.1, 0.15) is 22.5 Å². The lowest BCUT2D eigenvalue weighted by Crippen LogP contribution is -2.26. The Kier molecular flexibility index (Phi) is 6.57. The van der Waals surface area contributed by atoms with E-state index in [1.807, 2.05) is 61.5 Å². The monoisotopic (exact) mass is 375 g/mol. The van der Waals surface area contributed by atoms with Crippen molar-refractivity contribution in [1.82, 2.24) is 15.5 Å². The number of aryl methyl sites for hydroxylation is 1. The number of nitrogens with one attached hydrogen (secondary N) is 2. The fourth-order valence-electron chi connectivity index (χ4n) is 2.74. The SMILES string of the molecule is CN(C)c1ccc(Nc2ccc(C(=O)NCCCc3ccccc3)nn2)cc1. The number of aromatic nitrogens is 2. The summed E-state index contributed by atoms with van der Waals surface area (Å²) in [6, 6.07) is 21.7. The fourth-order valence-corrected chi connectivity index (χ4v) is 2.74. The van der Waals surface area contributed by atoms with Gasteiger partial charge in [0.1, 0.15) is 0 Å². The minimum Gasteiger partial charge on any atom is -0.378 e. The standard InChI is InChI=1S/C22H25N5O/c1-27(2)19-12-10-18(11-13-19)24-21-15-14-20(25-26-21)22(28)23-16-6-9-17-7-4-3-5-8-17/h3-5,7-8,10-15H,6,9,16H2,1-2H3,(H,23,28)(H,24,26). The largest absolute Gasteiger partial charge is 0.378 e. The highest BCUT2D eigenvalue weighted by Gasteiger charge is 2.08. The van der Waals surface area contributed by atoms with Gasteiger partial charge in [0.25, 0.3) is 5.91 Å². The molecule has 0 saturated carbocycles. The third-order valence-electron chi connectivity index (χ3n) is 4.32. The van der Waals surface area contributed by atoms with Crippen LogP contribution in [0, 0.1) is 0 Å². The lowest BCUT2D eigenvalue weighted by Gasteiger charge is -2.13. The molecule has 0 atom stereocenters. The summed E-state index contributed by atoms with van der Waals surface area (Å²) < 4.78 is 0. The van der Waals surface area contributed by atoms with Crippen molar-refractivity contribution >= 4 is 23.1 Å². The van der Waals surface area contributed by atoms with E-state index in [4.69, 9.17) is 0 Å². The van der Waals surface area contributed by atoms with Gasteiger partial charge in [-0.3, -0.25) is 4.79 Å². The van der Waals surface area contributed by atoms with Crippen LogP contribution in [-0.4, -0.2) is 36.7 Å². The van der Waals surface area contributed by atoms with Crippen LogP contribution >= 0.6 is 0 Å². The molecule has 0 aliphatic heterocycles. The van der Waals surface area contributed by atoms with E-state index < -0.39 is 0 Å². The van der Waals surface area contributed by atoms with Crippen LogP contribution in [0.25, 0.3) is 0 Å². The van der Waals surface area contributed by atoms with Crippen LogP contribution in [-0.2, 0) is 6.42 Å². The van der Waals surface area contributed by atoms with Gasteiger partial charge in [-0.15, -0.1) is 10.2 Å². The van der Waals surface area contributed by atoms with Crippen LogP contribution in [0.3, 0.4) is 0 Å². The molecule has 1 amide bonds. The summed E-state index contributed by atoms with van der Waals surface area (Å²) in [5, 5.41) is 14.2. The number of nitrogens with zero attached hydrogens (tertiary/aromatic N) is 3. The topological polar surface area (TPSA) is 70.2 Å². The molecule has 1 aromatic heterocycles. The number of carbonyl (C=O) groups is 1. The van der Waals surface area contributed by atoms with E-state index >= 15 is 0 Å². The molecule has 28 heavy (non-hydrogen) atoms. The Morgan fingerprint density at radius 3 is 2.32 bits per heavy atom. The maximum Gasteiger partial charge on any atom is 0.271 e. The predicted molar refractivity (Wildman–Crippen MR) is 113 cm³/mol. The van der Waals surface area contributed by atoms with E-state index in [2.05, 4.69) is 33.0 Å². The van der Waals surface area contributed by atoms with Gasteiger partial charge < -0.3 is 15.5 Å². The van der Waals surface area contributed by atoms with E-state index in [0.29, 0.717) is 18.1 Å². The van der Waals surface area contributed by atoms with Gasteiger partial charge in [-0.05, 0) is 54.8 Å². The van der Waals surface area contributed by atoms with Crippen molar-refractivity contribution < 1.29 is 4.79 Å². The number of rotatable bonds is 8. The Bertz CT molecular complexity index is 877. The smallest absolute Gasteiger partial charge is 0.271 e. The summed E-state index contributed by atoms with van der Waals surface area (Å²) in [5.74, 6) is 0.390. The molecule has 6 heteroatoms. The maximum absolute atomic E-state index is 12.2. The highest BCUT2D eigenvalue weighted by molar-refractivity contribution is 5.92. The predicted octanol–water partition coefficient (Wildman–Crippen LogP) is 3.65. The molecule has 0 aliphatic carbocycles. The Morgan fingerprint density at radius 1 is 0.929 bits per heavy atom. The highest BCUT2D eigenvalue weighted by Crippen LogP contribution is 2.18.